The molecule has 0 amide bonds. The number of carbonyl (C=O) groups is 1. The predicted octanol–water partition coefficient (Wildman–Crippen LogP) is 2.73. The minimum atomic E-state index is -0.487. The predicted molar refractivity (Wildman–Crippen MR) is 85.4 cm³/mol. The fourth-order valence-electron chi connectivity index (χ4n) is 2.29. The molecule has 2 heterocycles. The third-order valence-corrected chi connectivity index (χ3v) is 3.51. The van der Waals surface area contributed by atoms with E-state index in [9.17, 15) is 4.79 Å². The van der Waals surface area contributed by atoms with Gasteiger partial charge in [-0.2, -0.15) is 5.10 Å². The van der Waals surface area contributed by atoms with Gasteiger partial charge in [-0.1, -0.05) is 29.8 Å². The van der Waals surface area contributed by atoms with Crippen molar-refractivity contribution in [3.63, 3.8) is 0 Å². The lowest BCUT2D eigenvalue weighted by Crippen LogP contribution is -2.07. The van der Waals surface area contributed by atoms with Crippen LogP contribution in [0, 0.1) is 13.8 Å². The van der Waals surface area contributed by atoms with Crippen LogP contribution < -0.4 is 0 Å². The standard InChI is InChI=1S/C17H16N4O2/c1-11-4-6-13(7-5-11)15-10-14(17(22)23-3)20-21(15)16-12(2)18-8-9-19-16/h4-10H,1-3H3. The van der Waals surface area contributed by atoms with Gasteiger partial charge in [0.2, 0.25) is 0 Å². The van der Waals surface area contributed by atoms with Gasteiger partial charge < -0.3 is 4.74 Å². The molecule has 0 bridgehead atoms. The zero-order chi connectivity index (χ0) is 16.4. The number of rotatable bonds is 3. The molecule has 23 heavy (non-hydrogen) atoms. The molecular weight excluding hydrogens is 292 g/mol. The number of aryl methyl sites for hydroxylation is 2. The zero-order valence-electron chi connectivity index (χ0n) is 13.1. The Labute approximate surface area is 133 Å². The van der Waals surface area contributed by atoms with Gasteiger partial charge in [-0.25, -0.2) is 14.5 Å². The highest BCUT2D eigenvalue weighted by Crippen LogP contribution is 2.24. The van der Waals surface area contributed by atoms with Gasteiger partial charge in [-0.05, 0) is 19.9 Å². The number of hydrogen-bond donors (Lipinski definition) is 0. The Balaban J connectivity index is 2.21. The molecule has 6 nitrogen and oxygen atoms in total. The Hall–Kier alpha value is -3.02. The lowest BCUT2D eigenvalue weighted by molar-refractivity contribution is 0.0593. The highest BCUT2D eigenvalue weighted by Gasteiger charge is 2.18. The quantitative estimate of drug-likeness (QED) is 0.696. The first kappa shape index (κ1) is 14.9. The number of esters is 1. The van der Waals surface area contributed by atoms with Crippen molar-refractivity contribution in [3.05, 3.63) is 59.7 Å². The molecule has 0 N–H and O–H groups in total. The van der Waals surface area contributed by atoms with Crippen molar-refractivity contribution < 1.29 is 9.53 Å². The second-order valence-corrected chi connectivity index (χ2v) is 5.15. The van der Waals surface area contributed by atoms with E-state index in [1.807, 2.05) is 38.1 Å². The van der Waals surface area contributed by atoms with Crippen LogP contribution in [-0.2, 0) is 4.74 Å². The molecule has 0 atom stereocenters. The maximum Gasteiger partial charge on any atom is 0.358 e. The third-order valence-electron chi connectivity index (χ3n) is 3.51. The first-order chi connectivity index (χ1) is 11.1. The van der Waals surface area contributed by atoms with E-state index in [-0.39, 0.29) is 5.69 Å². The van der Waals surface area contributed by atoms with E-state index in [2.05, 4.69) is 15.1 Å². The first-order valence-electron chi connectivity index (χ1n) is 7.13. The second kappa shape index (κ2) is 6.00. The fourth-order valence-corrected chi connectivity index (χ4v) is 2.29. The summed E-state index contributed by atoms with van der Waals surface area (Å²) in [5.74, 6) is 0.0943. The van der Waals surface area contributed by atoms with Crippen molar-refractivity contribution in [2.24, 2.45) is 0 Å². The summed E-state index contributed by atoms with van der Waals surface area (Å²) in [6.45, 7) is 3.87. The lowest BCUT2D eigenvalue weighted by Gasteiger charge is -2.08. The minimum absolute atomic E-state index is 0.230. The van der Waals surface area contributed by atoms with Crippen molar-refractivity contribution in [1.29, 1.82) is 0 Å². The summed E-state index contributed by atoms with van der Waals surface area (Å²) in [7, 11) is 1.33. The molecule has 1 aromatic carbocycles. The van der Waals surface area contributed by atoms with Crippen LogP contribution in [0.25, 0.3) is 17.1 Å². The molecule has 6 heteroatoms. The van der Waals surface area contributed by atoms with Gasteiger partial charge in [-0.15, -0.1) is 0 Å². The molecule has 0 aliphatic rings. The second-order valence-electron chi connectivity index (χ2n) is 5.15. The van der Waals surface area contributed by atoms with Gasteiger partial charge >= 0.3 is 5.97 Å². The molecule has 3 aromatic rings. The van der Waals surface area contributed by atoms with Crippen LogP contribution in [0.1, 0.15) is 21.7 Å². The van der Waals surface area contributed by atoms with Crippen molar-refractivity contribution in [2.45, 2.75) is 13.8 Å². The smallest absolute Gasteiger partial charge is 0.358 e. The Bertz CT molecular complexity index is 853. The van der Waals surface area contributed by atoms with E-state index < -0.39 is 5.97 Å². The summed E-state index contributed by atoms with van der Waals surface area (Å²) in [6, 6.07) is 9.68. The number of hydrogen-bond acceptors (Lipinski definition) is 5. The van der Waals surface area contributed by atoms with Crippen molar-refractivity contribution in [2.75, 3.05) is 7.11 Å². The van der Waals surface area contributed by atoms with Crippen molar-refractivity contribution in [3.8, 4) is 17.1 Å². The summed E-state index contributed by atoms with van der Waals surface area (Å²) in [6.07, 6.45) is 3.22. The van der Waals surface area contributed by atoms with Crippen LogP contribution in [0.5, 0.6) is 0 Å². The largest absolute Gasteiger partial charge is 0.464 e. The normalized spacial score (nSPS) is 10.6. The highest BCUT2D eigenvalue weighted by atomic mass is 16.5. The monoisotopic (exact) mass is 308 g/mol. The van der Waals surface area contributed by atoms with Crippen LogP contribution in [0.15, 0.2) is 42.7 Å². The summed E-state index contributed by atoms with van der Waals surface area (Å²) in [4.78, 5) is 20.4. The topological polar surface area (TPSA) is 69.9 Å². The average molecular weight is 308 g/mol. The summed E-state index contributed by atoms with van der Waals surface area (Å²) in [5, 5.41) is 4.35. The average Bonchev–Trinajstić information content (AvgIpc) is 3.00. The molecule has 0 aliphatic carbocycles. The Morgan fingerprint density at radius 1 is 1.09 bits per heavy atom. The molecule has 116 valence electrons. The van der Waals surface area contributed by atoms with Gasteiger partial charge in [0.1, 0.15) is 0 Å². The molecule has 0 fully saturated rings. The van der Waals surface area contributed by atoms with E-state index in [1.54, 1.807) is 23.1 Å². The van der Waals surface area contributed by atoms with Crippen LogP contribution in [0.3, 0.4) is 0 Å². The summed E-state index contributed by atoms with van der Waals surface area (Å²) in [5.41, 5.74) is 3.80. The van der Waals surface area contributed by atoms with Gasteiger partial charge in [-0.3, -0.25) is 4.98 Å². The van der Waals surface area contributed by atoms with Gasteiger partial charge in [0.15, 0.2) is 11.5 Å². The zero-order valence-corrected chi connectivity index (χ0v) is 13.1. The van der Waals surface area contributed by atoms with Gasteiger partial charge in [0.05, 0.1) is 18.5 Å². The number of methoxy groups -OCH3 is 1. The number of benzene rings is 1. The van der Waals surface area contributed by atoms with E-state index in [0.717, 1.165) is 22.5 Å². The van der Waals surface area contributed by atoms with Crippen LogP contribution >= 0.6 is 0 Å². The van der Waals surface area contributed by atoms with Crippen molar-refractivity contribution in [1.82, 2.24) is 19.7 Å². The Kier molecular flexibility index (Phi) is 3.89. The fraction of sp³-hybridized carbons (Fsp3) is 0.176. The molecule has 0 saturated carbocycles. The number of carbonyl (C=O) groups excluding carboxylic acids is 1. The lowest BCUT2D eigenvalue weighted by atomic mass is 10.1. The highest BCUT2D eigenvalue weighted by molar-refractivity contribution is 5.88. The Morgan fingerprint density at radius 3 is 2.43 bits per heavy atom. The Morgan fingerprint density at radius 2 is 1.78 bits per heavy atom. The number of aromatic nitrogens is 4. The molecule has 3 rings (SSSR count). The van der Waals surface area contributed by atoms with Crippen molar-refractivity contribution >= 4 is 5.97 Å². The maximum absolute atomic E-state index is 11.8. The number of ether oxygens (including phenoxy) is 1. The maximum atomic E-state index is 11.8. The SMILES string of the molecule is COC(=O)c1cc(-c2ccc(C)cc2)n(-c2nccnc2C)n1. The van der Waals surface area contributed by atoms with E-state index in [0.29, 0.717) is 5.82 Å². The summed E-state index contributed by atoms with van der Waals surface area (Å²) >= 11 is 0. The third kappa shape index (κ3) is 2.83. The molecule has 0 saturated heterocycles. The molecule has 0 unspecified atom stereocenters. The summed E-state index contributed by atoms with van der Waals surface area (Å²) < 4.78 is 6.40. The molecule has 0 spiro atoms. The minimum Gasteiger partial charge on any atom is -0.464 e. The van der Waals surface area contributed by atoms with E-state index in [4.69, 9.17) is 4.74 Å². The number of nitrogens with zero attached hydrogens (tertiary/aromatic N) is 4. The van der Waals surface area contributed by atoms with Gasteiger partial charge in [0, 0.05) is 18.0 Å². The molecule has 0 radical (unpaired) electrons. The molecule has 2 aromatic heterocycles. The van der Waals surface area contributed by atoms with Crippen LogP contribution in [0.4, 0.5) is 0 Å². The van der Waals surface area contributed by atoms with Gasteiger partial charge in [0.25, 0.3) is 0 Å². The molecule has 0 aliphatic heterocycles. The first-order valence-corrected chi connectivity index (χ1v) is 7.13. The van der Waals surface area contributed by atoms with E-state index >= 15 is 0 Å². The van der Waals surface area contributed by atoms with Crippen LogP contribution in [-0.4, -0.2) is 32.8 Å². The van der Waals surface area contributed by atoms with Crippen LogP contribution in [0.2, 0.25) is 0 Å². The molecular formula is C17H16N4O2. The van der Waals surface area contributed by atoms with E-state index in [1.165, 1.54) is 7.11 Å².